The van der Waals surface area contributed by atoms with Gasteiger partial charge in [-0.2, -0.15) is 0 Å². The van der Waals surface area contributed by atoms with Crippen LogP contribution in [0.25, 0.3) is 0 Å². The number of aliphatic hydroxyl groups is 1. The second kappa shape index (κ2) is 5.44. The predicted molar refractivity (Wildman–Crippen MR) is 75.1 cm³/mol. The molecule has 1 amide bonds. The highest BCUT2D eigenvalue weighted by Gasteiger charge is 2.45. The lowest BCUT2D eigenvalue weighted by Gasteiger charge is -2.31. The quantitative estimate of drug-likeness (QED) is 0.902. The molecule has 0 bridgehead atoms. The first-order chi connectivity index (χ1) is 9.68. The lowest BCUT2D eigenvalue weighted by atomic mass is 9.93. The summed E-state index contributed by atoms with van der Waals surface area (Å²) >= 11 is 0. The SMILES string of the molecule is Cc1ccccc1C1OC(=O)N(C2CCCCC2)C1O. The van der Waals surface area contributed by atoms with Crippen LogP contribution in [0, 0.1) is 6.92 Å². The lowest BCUT2D eigenvalue weighted by molar-refractivity contribution is -0.00867. The van der Waals surface area contributed by atoms with E-state index in [2.05, 4.69) is 0 Å². The molecule has 2 fully saturated rings. The van der Waals surface area contributed by atoms with Gasteiger partial charge in [-0.15, -0.1) is 0 Å². The van der Waals surface area contributed by atoms with Crippen LogP contribution in [0.3, 0.4) is 0 Å². The number of carbonyl (C=O) groups is 1. The second-order valence-corrected chi connectivity index (χ2v) is 5.77. The highest BCUT2D eigenvalue weighted by molar-refractivity contribution is 5.71. The van der Waals surface area contributed by atoms with Crippen molar-refractivity contribution in [2.75, 3.05) is 0 Å². The molecule has 1 aromatic carbocycles. The van der Waals surface area contributed by atoms with Crippen molar-refractivity contribution in [1.82, 2.24) is 4.90 Å². The number of cyclic esters (lactones) is 1. The van der Waals surface area contributed by atoms with Crippen LogP contribution >= 0.6 is 0 Å². The Hall–Kier alpha value is -1.55. The first-order valence-electron chi connectivity index (χ1n) is 7.41. The summed E-state index contributed by atoms with van der Waals surface area (Å²) in [6.07, 6.45) is 3.58. The van der Waals surface area contributed by atoms with Gasteiger partial charge >= 0.3 is 6.09 Å². The highest BCUT2D eigenvalue weighted by Crippen LogP contribution is 2.36. The number of benzene rings is 1. The molecule has 0 aromatic heterocycles. The molecule has 0 radical (unpaired) electrons. The van der Waals surface area contributed by atoms with Crippen LogP contribution in [0.2, 0.25) is 0 Å². The number of nitrogens with zero attached hydrogens (tertiary/aromatic N) is 1. The van der Waals surface area contributed by atoms with E-state index in [9.17, 15) is 9.90 Å². The Labute approximate surface area is 119 Å². The van der Waals surface area contributed by atoms with Crippen LogP contribution in [0.4, 0.5) is 4.79 Å². The van der Waals surface area contributed by atoms with Gasteiger partial charge in [0.05, 0.1) is 0 Å². The van der Waals surface area contributed by atoms with Crippen molar-refractivity contribution >= 4 is 6.09 Å². The number of rotatable bonds is 2. The maximum Gasteiger partial charge on any atom is 0.412 e. The van der Waals surface area contributed by atoms with Gasteiger partial charge in [0, 0.05) is 11.6 Å². The van der Waals surface area contributed by atoms with Crippen LogP contribution < -0.4 is 0 Å². The number of aliphatic hydroxyl groups excluding tert-OH is 1. The minimum absolute atomic E-state index is 0.125. The third kappa shape index (κ3) is 2.29. The Kier molecular flexibility index (Phi) is 3.66. The van der Waals surface area contributed by atoms with Gasteiger partial charge in [-0.25, -0.2) is 4.79 Å². The number of carbonyl (C=O) groups excluding carboxylic acids is 1. The zero-order chi connectivity index (χ0) is 14.1. The Morgan fingerprint density at radius 1 is 1.20 bits per heavy atom. The van der Waals surface area contributed by atoms with Gasteiger partial charge in [0.25, 0.3) is 0 Å². The van der Waals surface area contributed by atoms with E-state index < -0.39 is 12.3 Å². The number of hydrogen-bond acceptors (Lipinski definition) is 3. The van der Waals surface area contributed by atoms with E-state index in [1.165, 1.54) is 6.42 Å². The molecule has 4 nitrogen and oxygen atoms in total. The summed E-state index contributed by atoms with van der Waals surface area (Å²) in [7, 11) is 0. The number of hydrogen-bond donors (Lipinski definition) is 1. The van der Waals surface area contributed by atoms with Crippen LogP contribution in [-0.4, -0.2) is 28.4 Å². The molecule has 4 heteroatoms. The monoisotopic (exact) mass is 275 g/mol. The number of aryl methyl sites for hydroxylation is 1. The van der Waals surface area contributed by atoms with E-state index in [0.717, 1.165) is 36.8 Å². The lowest BCUT2D eigenvalue weighted by Crippen LogP contribution is -2.43. The molecule has 1 aromatic rings. The van der Waals surface area contributed by atoms with Gasteiger partial charge < -0.3 is 9.84 Å². The summed E-state index contributed by atoms with van der Waals surface area (Å²) in [6, 6.07) is 7.87. The van der Waals surface area contributed by atoms with Crippen molar-refractivity contribution in [3.63, 3.8) is 0 Å². The van der Waals surface area contributed by atoms with E-state index >= 15 is 0 Å². The molecule has 20 heavy (non-hydrogen) atoms. The molecular weight excluding hydrogens is 254 g/mol. The fourth-order valence-corrected chi connectivity index (χ4v) is 3.34. The Morgan fingerprint density at radius 3 is 2.60 bits per heavy atom. The molecule has 2 atom stereocenters. The maximum absolute atomic E-state index is 12.1. The minimum atomic E-state index is -0.869. The summed E-state index contributed by atoms with van der Waals surface area (Å²) in [5.41, 5.74) is 1.93. The highest BCUT2D eigenvalue weighted by atomic mass is 16.6. The van der Waals surface area contributed by atoms with Gasteiger partial charge in [0.2, 0.25) is 0 Å². The van der Waals surface area contributed by atoms with Crippen molar-refractivity contribution in [1.29, 1.82) is 0 Å². The minimum Gasteiger partial charge on any atom is -0.436 e. The summed E-state index contributed by atoms with van der Waals surface area (Å²) < 4.78 is 5.44. The van der Waals surface area contributed by atoms with E-state index in [1.54, 1.807) is 4.90 Å². The molecule has 1 heterocycles. The van der Waals surface area contributed by atoms with Crippen molar-refractivity contribution in [3.05, 3.63) is 35.4 Å². The van der Waals surface area contributed by atoms with Crippen LogP contribution in [0.15, 0.2) is 24.3 Å². The summed E-state index contributed by atoms with van der Waals surface area (Å²) in [6.45, 7) is 1.97. The largest absolute Gasteiger partial charge is 0.436 e. The van der Waals surface area contributed by atoms with Crippen LogP contribution in [0.1, 0.15) is 49.3 Å². The third-order valence-corrected chi connectivity index (χ3v) is 4.46. The number of amides is 1. The van der Waals surface area contributed by atoms with Crippen molar-refractivity contribution in [2.24, 2.45) is 0 Å². The standard InChI is InChI=1S/C16H21NO3/c1-11-7-5-6-10-13(11)14-15(18)17(16(19)20-14)12-8-3-2-4-9-12/h5-7,10,12,14-15,18H,2-4,8-9H2,1H3. The van der Waals surface area contributed by atoms with Crippen molar-refractivity contribution in [3.8, 4) is 0 Å². The molecule has 2 unspecified atom stereocenters. The van der Waals surface area contributed by atoms with Crippen molar-refractivity contribution < 1.29 is 14.6 Å². The smallest absolute Gasteiger partial charge is 0.412 e. The second-order valence-electron chi connectivity index (χ2n) is 5.77. The van der Waals surface area contributed by atoms with Gasteiger partial charge in [-0.3, -0.25) is 4.90 Å². The zero-order valence-corrected chi connectivity index (χ0v) is 11.8. The van der Waals surface area contributed by atoms with Gasteiger partial charge in [0.1, 0.15) is 0 Å². The molecular formula is C16H21NO3. The molecule has 1 saturated heterocycles. The predicted octanol–water partition coefficient (Wildman–Crippen LogP) is 3.14. The van der Waals surface area contributed by atoms with E-state index in [1.807, 2.05) is 31.2 Å². The Balaban J connectivity index is 1.83. The maximum atomic E-state index is 12.1. The molecule has 2 aliphatic rings. The summed E-state index contributed by atoms with van der Waals surface area (Å²) in [5.74, 6) is 0. The molecule has 1 aliphatic carbocycles. The Bertz CT molecular complexity index is 496. The fraction of sp³-hybridized carbons (Fsp3) is 0.562. The topological polar surface area (TPSA) is 49.8 Å². The van der Waals surface area contributed by atoms with Crippen LogP contribution in [-0.2, 0) is 4.74 Å². The summed E-state index contributed by atoms with van der Waals surface area (Å²) in [5, 5.41) is 10.5. The normalized spacial score (nSPS) is 27.7. The van der Waals surface area contributed by atoms with E-state index in [-0.39, 0.29) is 12.1 Å². The fourth-order valence-electron chi connectivity index (χ4n) is 3.34. The average Bonchev–Trinajstić information content (AvgIpc) is 2.75. The molecule has 1 N–H and O–H groups in total. The molecule has 1 aliphatic heterocycles. The third-order valence-electron chi connectivity index (χ3n) is 4.46. The summed E-state index contributed by atoms with van der Waals surface area (Å²) in [4.78, 5) is 13.7. The van der Waals surface area contributed by atoms with E-state index in [0.29, 0.717) is 0 Å². The number of ether oxygens (including phenoxy) is 1. The first-order valence-corrected chi connectivity index (χ1v) is 7.41. The van der Waals surface area contributed by atoms with E-state index in [4.69, 9.17) is 4.74 Å². The molecule has 1 saturated carbocycles. The molecule has 108 valence electrons. The Morgan fingerprint density at radius 2 is 1.90 bits per heavy atom. The van der Waals surface area contributed by atoms with Gasteiger partial charge in [-0.1, -0.05) is 43.5 Å². The van der Waals surface area contributed by atoms with Crippen LogP contribution in [0.5, 0.6) is 0 Å². The van der Waals surface area contributed by atoms with Gasteiger partial charge in [-0.05, 0) is 25.3 Å². The molecule has 3 rings (SSSR count). The zero-order valence-electron chi connectivity index (χ0n) is 11.8. The first kappa shape index (κ1) is 13.4. The average molecular weight is 275 g/mol. The molecule has 0 spiro atoms. The van der Waals surface area contributed by atoms with Crippen molar-refractivity contribution in [2.45, 2.75) is 57.4 Å². The van der Waals surface area contributed by atoms with Gasteiger partial charge in [0.15, 0.2) is 12.3 Å².